The van der Waals surface area contributed by atoms with Crippen LogP contribution in [0.1, 0.15) is 13.8 Å². The predicted octanol–water partition coefficient (Wildman–Crippen LogP) is 0.969. The van der Waals surface area contributed by atoms with Gasteiger partial charge in [-0.1, -0.05) is 26.4 Å². The highest BCUT2D eigenvalue weighted by Crippen LogP contribution is 1.81. The first-order chi connectivity index (χ1) is 3.31. The Kier molecular flexibility index (Phi) is 4.45. The highest BCUT2D eigenvalue weighted by Gasteiger charge is 1.93. The maximum absolute atomic E-state index is 3.43. The molecule has 0 aliphatic heterocycles. The Morgan fingerprint density at radius 3 is 2.14 bits per heavy atom. The molecule has 44 valence electrons. The van der Waals surface area contributed by atoms with Crippen molar-refractivity contribution in [2.75, 3.05) is 6.54 Å². The quantitative estimate of drug-likeness (QED) is 0.543. The van der Waals surface area contributed by atoms with Gasteiger partial charge in [0.1, 0.15) is 8.96 Å². The highest BCUT2D eigenvalue weighted by molar-refractivity contribution is 6.54. The van der Waals surface area contributed by atoms with Crippen LogP contribution in [0.5, 0.6) is 0 Å². The van der Waals surface area contributed by atoms with Gasteiger partial charge in [0.25, 0.3) is 0 Å². The third-order valence-corrected chi connectivity index (χ3v) is 3.49. The maximum atomic E-state index is 3.43. The van der Waals surface area contributed by atoms with Crippen molar-refractivity contribution >= 4 is 8.96 Å². The number of hydrogen-bond acceptors (Lipinski definition) is 1. The Bertz CT molecular complexity index is 39.1. The minimum absolute atomic E-state index is 0.431. The fraction of sp³-hybridized carbons (Fsp3) is 1.00. The summed E-state index contributed by atoms with van der Waals surface area (Å²) in [7, 11) is -0.431. The molecule has 0 amide bonds. The zero-order chi connectivity index (χ0) is 5.70. The first-order valence-electron chi connectivity index (χ1n) is 3.04. The summed E-state index contributed by atoms with van der Waals surface area (Å²) in [6.45, 7) is 7.91. The molecule has 1 unspecified atom stereocenters. The largest absolute Gasteiger partial charge is 0.340 e. The molecule has 0 radical (unpaired) electrons. The molecule has 0 bridgehead atoms. The molecule has 7 heavy (non-hydrogen) atoms. The van der Waals surface area contributed by atoms with Gasteiger partial charge in [-0.25, -0.2) is 0 Å². The van der Waals surface area contributed by atoms with Crippen LogP contribution in [0.2, 0.25) is 12.6 Å². The Hall–Kier alpha value is 0.177. The van der Waals surface area contributed by atoms with Gasteiger partial charge in [0.15, 0.2) is 0 Å². The van der Waals surface area contributed by atoms with Gasteiger partial charge in [-0.15, -0.1) is 0 Å². The second-order valence-electron chi connectivity index (χ2n) is 1.87. The molecule has 0 aliphatic rings. The van der Waals surface area contributed by atoms with E-state index in [1.54, 1.807) is 0 Å². The third kappa shape index (κ3) is 4.02. The summed E-state index contributed by atoms with van der Waals surface area (Å²) in [4.78, 5) is 3.43. The fourth-order valence-corrected chi connectivity index (χ4v) is 1.48. The Morgan fingerprint density at radius 2 is 2.00 bits per heavy atom. The van der Waals surface area contributed by atoms with Crippen LogP contribution in [-0.2, 0) is 0 Å². The van der Waals surface area contributed by atoms with Gasteiger partial charge in [-0.2, -0.15) is 0 Å². The average Bonchev–Trinajstić information content (AvgIpc) is 1.68. The summed E-state index contributed by atoms with van der Waals surface area (Å²) in [6.07, 6.45) is 0. The number of rotatable bonds is 3. The van der Waals surface area contributed by atoms with Crippen LogP contribution in [0.25, 0.3) is 0 Å². The minimum atomic E-state index is -0.431. The molecule has 0 rings (SSSR count). The standard InChI is InChI=1S/C5H15NSi/c1-4-6-7(3)5-2/h6-7H,4-5H2,1-3H3. The summed E-state index contributed by atoms with van der Waals surface area (Å²) in [5, 5.41) is 0. The Morgan fingerprint density at radius 1 is 1.43 bits per heavy atom. The summed E-state index contributed by atoms with van der Waals surface area (Å²) >= 11 is 0. The molecule has 0 saturated carbocycles. The SMILES string of the molecule is CCN[SiH](C)CC. The predicted molar refractivity (Wildman–Crippen MR) is 37.2 cm³/mol. The van der Waals surface area contributed by atoms with Crippen LogP contribution in [0.4, 0.5) is 0 Å². The monoisotopic (exact) mass is 117 g/mol. The van der Waals surface area contributed by atoms with Gasteiger partial charge < -0.3 is 4.98 Å². The average molecular weight is 117 g/mol. The smallest absolute Gasteiger partial charge is 0.105 e. The van der Waals surface area contributed by atoms with Gasteiger partial charge in [0.05, 0.1) is 0 Å². The zero-order valence-electron chi connectivity index (χ0n) is 5.49. The van der Waals surface area contributed by atoms with E-state index in [0.717, 1.165) is 6.54 Å². The van der Waals surface area contributed by atoms with Crippen molar-refractivity contribution < 1.29 is 0 Å². The second-order valence-corrected chi connectivity index (χ2v) is 4.89. The summed E-state index contributed by atoms with van der Waals surface area (Å²) in [6, 6.07) is 1.37. The minimum Gasteiger partial charge on any atom is -0.340 e. The topological polar surface area (TPSA) is 12.0 Å². The molecule has 1 atom stereocenters. The van der Waals surface area contributed by atoms with Crippen molar-refractivity contribution in [1.82, 2.24) is 4.98 Å². The molecular formula is C5H15NSi. The van der Waals surface area contributed by atoms with Crippen LogP contribution < -0.4 is 4.98 Å². The van der Waals surface area contributed by atoms with Gasteiger partial charge in [-0.3, -0.25) is 0 Å². The molecule has 1 N–H and O–H groups in total. The van der Waals surface area contributed by atoms with E-state index in [1.165, 1.54) is 6.04 Å². The van der Waals surface area contributed by atoms with Crippen molar-refractivity contribution in [2.24, 2.45) is 0 Å². The molecule has 1 nitrogen and oxygen atoms in total. The van der Waals surface area contributed by atoms with Gasteiger partial charge in [0, 0.05) is 0 Å². The molecule has 0 aliphatic carbocycles. The van der Waals surface area contributed by atoms with Crippen LogP contribution >= 0.6 is 0 Å². The van der Waals surface area contributed by atoms with Crippen molar-refractivity contribution in [1.29, 1.82) is 0 Å². The van der Waals surface area contributed by atoms with Crippen LogP contribution in [0, 0.1) is 0 Å². The first kappa shape index (κ1) is 7.18. The third-order valence-electron chi connectivity index (χ3n) is 1.16. The lowest BCUT2D eigenvalue weighted by molar-refractivity contribution is 0.976. The fourth-order valence-electron chi connectivity index (χ4n) is 0.493. The van der Waals surface area contributed by atoms with Crippen molar-refractivity contribution in [3.63, 3.8) is 0 Å². The maximum Gasteiger partial charge on any atom is 0.105 e. The first-order valence-corrected chi connectivity index (χ1v) is 5.59. The van der Waals surface area contributed by atoms with Gasteiger partial charge in [-0.05, 0) is 6.54 Å². The molecule has 2 heteroatoms. The normalized spacial score (nSPS) is 14.1. The van der Waals surface area contributed by atoms with E-state index < -0.39 is 8.96 Å². The Labute approximate surface area is 47.8 Å². The van der Waals surface area contributed by atoms with E-state index in [4.69, 9.17) is 0 Å². The molecule has 0 heterocycles. The number of nitrogens with one attached hydrogen (secondary N) is 1. The van der Waals surface area contributed by atoms with E-state index >= 15 is 0 Å². The molecule has 0 aromatic carbocycles. The lowest BCUT2D eigenvalue weighted by Gasteiger charge is -2.04. The van der Waals surface area contributed by atoms with Gasteiger partial charge in [0.2, 0.25) is 0 Å². The lowest BCUT2D eigenvalue weighted by atomic mass is 10.8. The van der Waals surface area contributed by atoms with Crippen molar-refractivity contribution in [2.45, 2.75) is 26.4 Å². The van der Waals surface area contributed by atoms with Crippen LogP contribution in [0.15, 0.2) is 0 Å². The molecular weight excluding hydrogens is 102 g/mol. The lowest BCUT2D eigenvalue weighted by Crippen LogP contribution is -2.28. The van der Waals surface area contributed by atoms with Crippen molar-refractivity contribution in [3.8, 4) is 0 Å². The van der Waals surface area contributed by atoms with E-state index in [9.17, 15) is 0 Å². The van der Waals surface area contributed by atoms with E-state index in [1.807, 2.05) is 0 Å². The summed E-state index contributed by atoms with van der Waals surface area (Å²) < 4.78 is 0. The van der Waals surface area contributed by atoms with Gasteiger partial charge >= 0.3 is 0 Å². The molecule has 0 spiro atoms. The molecule has 0 aromatic heterocycles. The van der Waals surface area contributed by atoms with Crippen LogP contribution in [-0.4, -0.2) is 15.5 Å². The molecule has 0 saturated heterocycles. The van der Waals surface area contributed by atoms with Crippen LogP contribution in [0.3, 0.4) is 0 Å². The van der Waals surface area contributed by atoms with Crippen molar-refractivity contribution in [3.05, 3.63) is 0 Å². The summed E-state index contributed by atoms with van der Waals surface area (Å²) in [5.74, 6) is 0. The molecule has 0 aromatic rings. The number of hydrogen-bond donors (Lipinski definition) is 1. The summed E-state index contributed by atoms with van der Waals surface area (Å²) in [5.41, 5.74) is 0. The van der Waals surface area contributed by atoms with E-state index in [2.05, 4.69) is 25.4 Å². The second kappa shape index (κ2) is 4.34. The van der Waals surface area contributed by atoms with E-state index in [0.29, 0.717) is 0 Å². The Balaban J connectivity index is 2.83. The molecule has 0 fully saturated rings. The van der Waals surface area contributed by atoms with E-state index in [-0.39, 0.29) is 0 Å². The highest BCUT2D eigenvalue weighted by atomic mass is 28.3. The zero-order valence-corrected chi connectivity index (χ0v) is 6.65.